The minimum absolute atomic E-state index is 0. The van der Waals surface area contributed by atoms with E-state index in [1.807, 2.05) is 25.7 Å². The number of aryl methyl sites for hydroxylation is 1. The molecule has 1 aromatic carbocycles. The Morgan fingerprint density at radius 2 is 1.64 bits per heavy atom. The largest absolute Gasteiger partial charge is 0.341 e. The fourth-order valence-electron chi connectivity index (χ4n) is 4.06. The van der Waals surface area contributed by atoms with Gasteiger partial charge in [-0.25, -0.2) is 8.42 Å². The van der Waals surface area contributed by atoms with E-state index in [2.05, 4.69) is 10.0 Å². The molecule has 0 bridgehead atoms. The summed E-state index contributed by atoms with van der Waals surface area (Å²) in [7, 11) is -3.74. The second-order valence-corrected chi connectivity index (χ2v) is 9.95. The normalized spacial score (nSPS) is 23.6. The molecule has 0 aliphatic carbocycles. The maximum absolute atomic E-state index is 13.2. The summed E-state index contributed by atoms with van der Waals surface area (Å²) in [5, 5.41) is 3.44. The Morgan fingerprint density at radius 1 is 1.11 bits per heavy atom. The summed E-state index contributed by atoms with van der Waals surface area (Å²) in [5.41, 5.74) is 0.995. The number of rotatable bonds is 5. The van der Waals surface area contributed by atoms with E-state index >= 15 is 0 Å². The molecule has 2 aliphatic rings. The van der Waals surface area contributed by atoms with E-state index in [0.29, 0.717) is 24.9 Å². The van der Waals surface area contributed by atoms with E-state index in [1.54, 1.807) is 24.3 Å². The molecule has 1 unspecified atom stereocenters. The van der Waals surface area contributed by atoms with E-state index < -0.39 is 16.1 Å². The molecule has 0 aromatic heterocycles. The minimum Gasteiger partial charge on any atom is -0.341 e. The lowest BCUT2D eigenvalue weighted by Gasteiger charge is -2.29. The van der Waals surface area contributed by atoms with Crippen LogP contribution in [0.25, 0.3) is 0 Å². The first kappa shape index (κ1) is 23.1. The third-order valence-corrected chi connectivity index (χ3v) is 7.33. The molecule has 3 atom stereocenters. The van der Waals surface area contributed by atoms with Gasteiger partial charge in [0.05, 0.1) is 4.90 Å². The Kier molecular flexibility index (Phi) is 7.90. The number of nitrogens with one attached hydrogen (secondary N) is 2. The molecule has 2 N–H and O–H groups in total. The van der Waals surface area contributed by atoms with Gasteiger partial charge in [-0.05, 0) is 62.7 Å². The molecule has 28 heavy (non-hydrogen) atoms. The predicted molar refractivity (Wildman–Crippen MR) is 113 cm³/mol. The molecule has 0 saturated carbocycles. The van der Waals surface area contributed by atoms with Crippen molar-refractivity contribution in [1.82, 2.24) is 14.9 Å². The lowest BCUT2D eigenvalue weighted by Crippen LogP contribution is -2.51. The zero-order valence-electron chi connectivity index (χ0n) is 16.8. The first-order chi connectivity index (χ1) is 12.8. The fraction of sp³-hybridized carbons (Fsp3) is 0.650. The van der Waals surface area contributed by atoms with Gasteiger partial charge in [0.15, 0.2) is 0 Å². The summed E-state index contributed by atoms with van der Waals surface area (Å²) in [5.74, 6) is 1.03. The quantitative estimate of drug-likeness (QED) is 0.751. The summed E-state index contributed by atoms with van der Waals surface area (Å²) >= 11 is 0. The summed E-state index contributed by atoms with van der Waals surface area (Å²) in [6.45, 7) is 9.15. The molecule has 3 rings (SSSR count). The molecule has 2 saturated heterocycles. The van der Waals surface area contributed by atoms with Gasteiger partial charge in [0.2, 0.25) is 15.9 Å². The van der Waals surface area contributed by atoms with Gasteiger partial charge in [0, 0.05) is 13.1 Å². The van der Waals surface area contributed by atoms with E-state index in [1.165, 1.54) is 0 Å². The highest BCUT2D eigenvalue weighted by atomic mass is 35.5. The SMILES string of the molecule is Cc1ccc(S(=O)(=O)NC(C(=O)N2CC[C@@H]3CNC[C@@H]3CC2)C(C)C)cc1.Cl. The van der Waals surface area contributed by atoms with Crippen molar-refractivity contribution in [2.75, 3.05) is 26.2 Å². The average molecular weight is 430 g/mol. The topological polar surface area (TPSA) is 78.5 Å². The van der Waals surface area contributed by atoms with E-state index in [-0.39, 0.29) is 29.1 Å². The maximum Gasteiger partial charge on any atom is 0.241 e. The number of halogens is 1. The predicted octanol–water partition coefficient (Wildman–Crippen LogP) is 2.18. The zero-order chi connectivity index (χ0) is 19.6. The van der Waals surface area contributed by atoms with Crippen molar-refractivity contribution in [2.45, 2.75) is 44.6 Å². The number of amides is 1. The van der Waals surface area contributed by atoms with Crippen LogP contribution in [-0.2, 0) is 14.8 Å². The first-order valence-corrected chi connectivity index (χ1v) is 11.3. The fourth-order valence-corrected chi connectivity index (χ4v) is 5.40. The molecular weight excluding hydrogens is 398 g/mol. The number of carbonyl (C=O) groups is 1. The molecule has 2 heterocycles. The van der Waals surface area contributed by atoms with Gasteiger partial charge in [-0.3, -0.25) is 4.79 Å². The minimum atomic E-state index is -3.74. The Labute approximate surface area is 174 Å². The number of nitrogens with zero attached hydrogens (tertiary/aromatic N) is 1. The van der Waals surface area contributed by atoms with Crippen molar-refractivity contribution in [3.63, 3.8) is 0 Å². The van der Waals surface area contributed by atoms with Crippen LogP contribution in [0.1, 0.15) is 32.3 Å². The summed E-state index contributed by atoms with van der Waals surface area (Å²) in [6, 6.07) is 5.96. The molecule has 1 amide bonds. The van der Waals surface area contributed by atoms with Gasteiger partial charge in [-0.1, -0.05) is 31.5 Å². The van der Waals surface area contributed by atoms with E-state index in [0.717, 1.165) is 31.5 Å². The van der Waals surface area contributed by atoms with E-state index in [4.69, 9.17) is 0 Å². The smallest absolute Gasteiger partial charge is 0.241 e. The number of benzene rings is 1. The van der Waals surface area contributed by atoms with Crippen molar-refractivity contribution in [3.8, 4) is 0 Å². The monoisotopic (exact) mass is 429 g/mol. The molecule has 2 aliphatic heterocycles. The van der Waals surface area contributed by atoms with Gasteiger partial charge in [0.25, 0.3) is 0 Å². The van der Waals surface area contributed by atoms with Gasteiger partial charge in [-0.15, -0.1) is 12.4 Å². The molecule has 1 aromatic rings. The summed E-state index contributed by atoms with van der Waals surface area (Å²) in [6.07, 6.45) is 1.97. The van der Waals surface area contributed by atoms with Crippen molar-refractivity contribution >= 4 is 28.3 Å². The number of carbonyl (C=O) groups excluding carboxylic acids is 1. The highest BCUT2D eigenvalue weighted by Crippen LogP contribution is 2.27. The summed E-state index contributed by atoms with van der Waals surface area (Å²) in [4.78, 5) is 15.2. The second kappa shape index (κ2) is 9.57. The highest BCUT2D eigenvalue weighted by Gasteiger charge is 2.35. The van der Waals surface area contributed by atoms with Crippen LogP contribution in [0.5, 0.6) is 0 Å². The van der Waals surface area contributed by atoms with Crippen molar-refractivity contribution in [3.05, 3.63) is 29.8 Å². The first-order valence-electron chi connectivity index (χ1n) is 9.86. The number of sulfonamides is 1. The van der Waals surface area contributed by atoms with Crippen molar-refractivity contribution in [2.24, 2.45) is 17.8 Å². The standard InChI is InChI=1S/C20H31N3O3S.ClH/c1-14(2)19(22-27(25,26)18-6-4-15(3)5-7-18)20(24)23-10-8-16-12-21-13-17(16)9-11-23;/h4-7,14,16-17,19,21-22H,8-13H2,1-3H3;1H/t16-,17+,19?;. The lowest BCUT2D eigenvalue weighted by atomic mass is 9.92. The van der Waals surface area contributed by atoms with Crippen LogP contribution >= 0.6 is 12.4 Å². The van der Waals surface area contributed by atoms with Crippen LogP contribution < -0.4 is 10.0 Å². The third kappa shape index (κ3) is 5.26. The number of hydrogen-bond donors (Lipinski definition) is 2. The van der Waals surface area contributed by atoms with Crippen molar-refractivity contribution < 1.29 is 13.2 Å². The van der Waals surface area contributed by atoms with Gasteiger partial charge >= 0.3 is 0 Å². The number of hydrogen-bond acceptors (Lipinski definition) is 4. The van der Waals surface area contributed by atoms with Gasteiger partial charge in [-0.2, -0.15) is 4.72 Å². The van der Waals surface area contributed by atoms with Crippen LogP contribution in [0.4, 0.5) is 0 Å². The van der Waals surface area contributed by atoms with Crippen LogP contribution in [0.3, 0.4) is 0 Å². The lowest BCUT2D eigenvalue weighted by molar-refractivity contribution is -0.134. The highest BCUT2D eigenvalue weighted by molar-refractivity contribution is 7.89. The van der Waals surface area contributed by atoms with Crippen molar-refractivity contribution in [1.29, 1.82) is 0 Å². The molecule has 8 heteroatoms. The molecule has 0 radical (unpaired) electrons. The Hall–Kier alpha value is -1.15. The molecule has 2 fully saturated rings. The second-order valence-electron chi connectivity index (χ2n) is 8.24. The average Bonchev–Trinajstić information content (AvgIpc) is 2.98. The molecular formula is C20H32ClN3O3S. The number of fused-ring (bicyclic) bond motifs is 1. The van der Waals surface area contributed by atoms with Crippen LogP contribution in [0, 0.1) is 24.7 Å². The Balaban J connectivity index is 0.00000280. The Morgan fingerprint density at radius 3 is 2.14 bits per heavy atom. The maximum atomic E-state index is 13.2. The zero-order valence-corrected chi connectivity index (χ0v) is 18.5. The number of likely N-dealkylation sites (tertiary alicyclic amines) is 1. The third-order valence-electron chi connectivity index (χ3n) is 5.88. The van der Waals surface area contributed by atoms with Gasteiger partial charge in [0.1, 0.15) is 6.04 Å². The summed E-state index contributed by atoms with van der Waals surface area (Å²) < 4.78 is 28.2. The van der Waals surface area contributed by atoms with Crippen LogP contribution in [0.15, 0.2) is 29.2 Å². The van der Waals surface area contributed by atoms with E-state index in [9.17, 15) is 13.2 Å². The molecule has 0 spiro atoms. The molecule has 6 nitrogen and oxygen atoms in total. The molecule has 158 valence electrons. The van der Waals surface area contributed by atoms with Crippen LogP contribution in [0.2, 0.25) is 0 Å². The van der Waals surface area contributed by atoms with Crippen LogP contribution in [-0.4, -0.2) is 51.4 Å². The van der Waals surface area contributed by atoms with Gasteiger partial charge < -0.3 is 10.2 Å². The Bertz CT molecular complexity index is 753.